The molecule has 1 atom stereocenters. The lowest BCUT2D eigenvalue weighted by Gasteiger charge is -2.30. The fourth-order valence-corrected chi connectivity index (χ4v) is 2.67. The minimum absolute atomic E-state index is 0.0384. The van der Waals surface area contributed by atoms with Crippen LogP contribution in [0.5, 0.6) is 0 Å². The first-order chi connectivity index (χ1) is 8.69. The van der Waals surface area contributed by atoms with Gasteiger partial charge < -0.3 is 10.2 Å². The number of hydrogen-bond donors (Lipinski definition) is 1. The Morgan fingerprint density at radius 2 is 2.17 bits per heavy atom. The van der Waals surface area contributed by atoms with Crippen molar-refractivity contribution in [2.24, 2.45) is 0 Å². The lowest BCUT2D eigenvalue weighted by molar-refractivity contribution is 0.0912. The van der Waals surface area contributed by atoms with Gasteiger partial charge in [-0.3, -0.25) is 4.79 Å². The second-order valence-electron chi connectivity index (χ2n) is 4.91. The van der Waals surface area contributed by atoms with Crippen LogP contribution in [0.3, 0.4) is 0 Å². The van der Waals surface area contributed by atoms with E-state index in [0.29, 0.717) is 0 Å². The molecule has 0 bridgehead atoms. The molecule has 0 radical (unpaired) electrons. The number of piperidine rings is 1. The van der Waals surface area contributed by atoms with Crippen molar-refractivity contribution in [1.82, 2.24) is 10.2 Å². The van der Waals surface area contributed by atoms with Crippen molar-refractivity contribution in [1.29, 1.82) is 0 Å². The Bertz CT molecular complexity index is 405. The fraction of sp³-hybridized carbons (Fsp3) is 0.500. The molecule has 1 unspecified atom stereocenters. The van der Waals surface area contributed by atoms with Crippen molar-refractivity contribution in [2.45, 2.75) is 24.2 Å². The van der Waals surface area contributed by atoms with Crippen molar-refractivity contribution >= 4 is 21.8 Å². The molecule has 1 aliphatic heterocycles. The number of carbonyl (C=O) groups is 1. The molecule has 98 valence electrons. The molecule has 4 heteroatoms. The highest BCUT2D eigenvalue weighted by Crippen LogP contribution is 2.11. The Hall–Kier alpha value is -0.870. The first-order valence-electron chi connectivity index (χ1n) is 6.33. The highest BCUT2D eigenvalue weighted by molar-refractivity contribution is 9.08. The second-order valence-corrected chi connectivity index (χ2v) is 5.47. The van der Waals surface area contributed by atoms with Crippen LogP contribution < -0.4 is 5.32 Å². The smallest absolute Gasteiger partial charge is 0.251 e. The highest BCUT2D eigenvalue weighted by atomic mass is 79.9. The lowest BCUT2D eigenvalue weighted by atomic mass is 10.1. The van der Waals surface area contributed by atoms with Gasteiger partial charge in [-0.05, 0) is 44.1 Å². The number of likely N-dealkylation sites (N-methyl/N-ethyl adjacent to an activating group) is 1. The topological polar surface area (TPSA) is 32.3 Å². The summed E-state index contributed by atoms with van der Waals surface area (Å²) in [5.41, 5.74) is 1.93. The number of likely N-dealkylation sites (tertiary alicyclic amines) is 1. The van der Waals surface area contributed by atoms with Crippen LogP contribution in [0.25, 0.3) is 0 Å². The summed E-state index contributed by atoms with van der Waals surface area (Å²) in [6.45, 7) is 2.08. The van der Waals surface area contributed by atoms with Gasteiger partial charge >= 0.3 is 0 Å². The van der Waals surface area contributed by atoms with Crippen molar-refractivity contribution in [3.8, 4) is 0 Å². The van der Waals surface area contributed by atoms with Gasteiger partial charge in [0.15, 0.2) is 0 Å². The first kappa shape index (κ1) is 13.6. The average Bonchev–Trinajstić information content (AvgIpc) is 2.39. The third-order valence-electron chi connectivity index (χ3n) is 3.33. The van der Waals surface area contributed by atoms with Gasteiger partial charge in [-0.1, -0.05) is 28.1 Å². The zero-order valence-electron chi connectivity index (χ0n) is 10.7. The SMILES string of the molecule is CN1CCCC(NC(=O)c2ccc(CBr)cc2)C1. The Balaban J connectivity index is 1.94. The lowest BCUT2D eigenvalue weighted by Crippen LogP contribution is -2.46. The number of nitrogens with zero attached hydrogens (tertiary/aromatic N) is 1. The number of halogens is 1. The Morgan fingerprint density at radius 3 is 2.78 bits per heavy atom. The van der Waals surface area contributed by atoms with E-state index >= 15 is 0 Å². The molecule has 1 saturated heterocycles. The second kappa shape index (κ2) is 6.34. The minimum atomic E-state index is 0.0384. The summed E-state index contributed by atoms with van der Waals surface area (Å²) < 4.78 is 0. The molecule has 1 aliphatic rings. The molecule has 1 aromatic rings. The predicted molar refractivity (Wildman–Crippen MR) is 77.1 cm³/mol. The summed E-state index contributed by atoms with van der Waals surface area (Å²) in [5.74, 6) is 0.0384. The summed E-state index contributed by atoms with van der Waals surface area (Å²) >= 11 is 3.40. The average molecular weight is 311 g/mol. The molecule has 2 rings (SSSR count). The third kappa shape index (κ3) is 3.56. The van der Waals surface area contributed by atoms with E-state index in [9.17, 15) is 4.79 Å². The van der Waals surface area contributed by atoms with Gasteiger partial charge in [0.2, 0.25) is 0 Å². The van der Waals surface area contributed by atoms with Crippen LogP contribution in [0, 0.1) is 0 Å². The van der Waals surface area contributed by atoms with Gasteiger partial charge in [0.1, 0.15) is 0 Å². The number of carbonyl (C=O) groups excluding carboxylic acids is 1. The van der Waals surface area contributed by atoms with Crippen LogP contribution in [0.4, 0.5) is 0 Å². The number of amides is 1. The van der Waals surface area contributed by atoms with Gasteiger partial charge in [-0.25, -0.2) is 0 Å². The van der Waals surface area contributed by atoms with Crippen LogP contribution in [0.1, 0.15) is 28.8 Å². The maximum Gasteiger partial charge on any atom is 0.251 e. The zero-order valence-corrected chi connectivity index (χ0v) is 12.2. The fourth-order valence-electron chi connectivity index (χ4n) is 2.30. The Kier molecular flexibility index (Phi) is 4.78. The monoisotopic (exact) mass is 310 g/mol. The van der Waals surface area contributed by atoms with Crippen molar-refractivity contribution in [2.75, 3.05) is 20.1 Å². The Morgan fingerprint density at radius 1 is 1.44 bits per heavy atom. The molecule has 1 fully saturated rings. The number of alkyl halides is 1. The van der Waals surface area contributed by atoms with Gasteiger partial charge in [0, 0.05) is 23.5 Å². The number of hydrogen-bond acceptors (Lipinski definition) is 2. The molecule has 1 heterocycles. The summed E-state index contributed by atoms with van der Waals surface area (Å²) in [6, 6.07) is 8.02. The van der Waals surface area contributed by atoms with Crippen LogP contribution in [-0.2, 0) is 5.33 Å². The van der Waals surface area contributed by atoms with E-state index in [0.717, 1.165) is 36.8 Å². The molecule has 3 nitrogen and oxygen atoms in total. The van der Waals surface area contributed by atoms with Crippen molar-refractivity contribution < 1.29 is 4.79 Å². The van der Waals surface area contributed by atoms with E-state index in [1.54, 1.807) is 0 Å². The van der Waals surface area contributed by atoms with Gasteiger partial charge in [-0.15, -0.1) is 0 Å². The van der Waals surface area contributed by atoms with Crippen LogP contribution in [0.2, 0.25) is 0 Å². The van der Waals surface area contributed by atoms with Gasteiger partial charge in [0.25, 0.3) is 5.91 Å². The predicted octanol–water partition coefficient (Wildman–Crippen LogP) is 2.41. The molecule has 18 heavy (non-hydrogen) atoms. The summed E-state index contributed by atoms with van der Waals surface area (Å²) in [4.78, 5) is 14.3. The van der Waals surface area contributed by atoms with Crippen LogP contribution in [-0.4, -0.2) is 37.0 Å². The largest absolute Gasteiger partial charge is 0.348 e. The first-order valence-corrected chi connectivity index (χ1v) is 7.45. The molecule has 0 spiro atoms. The zero-order chi connectivity index (χ0) is 13.0. The molecule has 0 aliphatic carbocycles. The van der Waals surface area contributed by atoms with Crippen LogP contribution in [0.15, 0.2) is 24.3 Å². The molecule has 1 N–H and O–H groups in total. The van der Waals surface area contributed by atoms with E-state index in [1.165, 1.54) is 5.56 Å². The maximum absolute atomic E-state index is 12.1. The standard InChI is InChI=1S/C14H19BrN2O/c1-17-8-2-3-13(10-17)16-14(18)12-6-4-11(9-15)5-7-12/h4-7,13H,2-3,8-10H2,1H3,(H,16,18). The van der Waals surface area contributed by atoms with Crippen molar-refractivity contribution in [3.63, 3.8) is 0 Å². The summed E-state index contributed by atoms with van der Waals surface area (Å²) in [5, 5.41) is 3.93. The van der Waals surface area contributed by atoms with Crippen molar-refractivity contribution in [3.05, 3.63) is 35.4 Å². The van der Waals surface area contributed by atoms with E-state index in [1.807, 2.05) is 24.3 Å². The minimum Gasteiger partial charge on any atom is -0.348 e. The molecule has 1 amide bonds. The van der Waals surface area contributed by atoms with E-state index in [2.05, 4.69) is 33.2 Å². The van der Waals surface area contributed by atoms with E-state index in [-0.39, 0.29) is 11.9 Å². The molecular weight excluding hydrogens is 292 g/mol. The number of rotatable bonds is 3. The number of nitrogens with one attached hydrogen (secondary N) is 1. The molecule has 0 aromatic heterocycles. The molecule has 1 aromatic carbocycles. The summed E-state index contributed by atoms with van der Waals surface area (Å²) in [7, 11) is 2.10. The van der Waals surface area contributed by atoms with Gasteiger partial charge in [0.05, 0.1) is 0 Å². The number of benzene rings is 1. The van der Waals surface area contributed by atoms with Gasteiger partial charge in [-0.2, -0.15) is 0 Å². The summed E-state index contributed by atoms with van der Waals surface area (Å²) in [6.07, 6.45) is 2.24. The molecular formula is C14H19BrN2O. The quantitative estimate of drug-likeness (QED) is 0.870. The Labute approximate surface area is 117 Å². The maximum atomic E-state index is 12.1. The normalized spacial score (nSPS) is 20.7. The van der Waals surface area contributed by atoms with E-state index in [4.69, 9.17) is 0 Å². The van der Waals surface area contributed by atoms with Crippen LogP contribution >= 0.6 is 15.9 Å². The highest BCUT2D eigenvalue weighted by Gasteiger charge is 2.19. The van der Waals surface area contributed by atoms with E-state index < -0.39 is 0 Å². The third-order valence-corrected chi connectivity index (χ3v) is 3.98. The molecule has 0 saturated carbocycles.